The number of rotatable bonds is 0. The van der Waals surface area contributed by atoms with E-state index in [2.05, 4.69) is 15.9 Å². The molecule has 0 atom stereocenters. The molecule has 5 heteroatoms. The van der Waals surface area contributed by atoms with Gasteiger partial charge in [-0.15, -0.1) is 0 Å². The Hall–Kier alpha value is -0.805. The first-order valence-corrected chi connectivity index (χ1v) is 4.48. The zero-order valence-corrected chi connectivity index (χ0v) is 8.08. The summed E-state index contributed by atoms with van der Waals surface area (Å²) < 4.78 is 18.7. The molecule has 0 saturated heterocycles. The molecule has 2 nitrogen and oxygen atoms in total. The lowest BCUT2D eigenvalue weighted by molar-refractivity contribution is 0.409. The fourth-order valence-corrected chi connectivity index (χ4v) is 1.62. The van der Waals surface area contributed by atoms with Crippen LogP contribution < -0.4 is 4.65 Å². The predicted molar refractivity (Wildman–Crippen MR) is 51.7 cm³/mol. The highest BCUT2D eigenvalue weighted by Gasteiger charge is 2.21. The van der Waals surface area contributed by atoms with E-state index >= 15 is 0 Å². The summed E-state index contributed by atoms with van der Waals surface area (Å²) in [5.41, 5.74) is 0.622. The van der Waals surface area contributed by atoms with Crippen molar-refractivity contribution in [2.75, 3.05) is 0 Å². The molecule has 0 radical (unpaired) electrons. The Morgan fingerprint density at radius 3 is 3.00 bits per heavy atom. The first-order chi connectivity index (χ1) is 6.16. The van der Waals surface area contributed by atoms with E-state index in [-0.39, 0.29) is 5.75 Å². The van der Waals surface area contributed by atoms with Crippen LogP contribution in [0.5, 0.6) is 5.75 Å². The molecule has 1 N–H and O–H groups in total. The lowest BCUT2D eigenvalue weighted by atomic mass is 9.86. The maximum absolute atomic E-state index is 13.2. The molecular formula is C8H5BBrFO2. The Morgan fingerprint density at radius 2 is 2.23 bits per heavy atom. The van der Waals surface area contributed by atoms with E-state index in [1.165, 1.54) is 12.0 Å². The molecule has 1 aromatic rings. The van der Waals surface area contributed by atoms with Gasteiger partial charge in [0.1, 0.15) is 5.75 Å². The number of hydrogen-bond donors (Lipinski definition) is 1. The fourth-order valence-electron chi connectivity index (χ4n) is 1.17. The number of fused-ring (bicyclic) bond motifs is 1. The third kappa shape index (κ3) is 1.62. The first-order valence-electron chi connectivity index (χ1n) is 3.69. The molecule has 0 unspecified atom stereocenters. The summed E-state index contributed by atoms with van der Waals surface area (Å²) in [6, 6.07) is 3.02. The van der Waals surface area contributed by atoms with E-state index in [9.17, 15) is 4.39 Å². The summed E-state index contributed by atoms with van der Waals surface area (Å²) in [5.74, 6) is 1.07. The van der Waals surface area contributed by atoms with Gasteiger partial charge in [-0.05, 0) is 18.1 Å². The van der Waals surface area contributed by atoms with Gasteiger partial charge in [-0.2, -0.15) is 0 Å². The molecule has 0 saturated carbocycles. The molecule has 0 fully saturated rings. The predicted octanol–water partition coefficient (Wildman–Crippen LogP) is 2.01. The van der Waals surface area contributed by atoms with Crippen LogP contribution in [-0.2, 0) is 0 Å². The minimum Gasteiger partial charge on any atom is -0.530 e. The SMILES string of the molecule is OB1C=Cc2cc(Br)cc(F)c2O1. The summed E-state index contributed by atoms with van der Waals surface area (Å²) in [6.45, 7) is 0. The van der Waals surface area contributed by atoms with Crippen molar-refractivity contribution in [3.63, 3.8) is 0 Å². The fraction of sp³-hybridized carbons (Fsp3) is 0. The summed E-state index contributed by atoms with van der Waals surface area (Å²) in [7, 11) is -1.05. The minimum absolute atomic E-state index is 0.0956. The number of hydrogen-bond acceptors (Lipinski definition) is 2. The second kappa shape index (κ2) is 3.16. The summed E-state index contributed by atoms with van der Waals surface area (Å²) >= 11 is 3.16. The van der Waals surface area contributed by atoms with Gasteiger partial charge in [-0.3, -0.25) is 0 Å². The molecular weight excluding hydrogens is 238 g/mol. The van der Waals surface area contributed by atoms with E-state index in [0.717, 1.165) is 0 Å². The average molecular weight is 243 g/mol. The molecule has 66 valence electrons. The van der Waals surface area contributed by atoms with Crippen LogP contribution in [-0.4, -0.2) is 12.1 Å². The van der Waals surface area contributed by atoms with Crippen molar-refractivity contribution >= 4 is 29.1 Å². The van der Waals surface area contributed by atoms with Gasteiger partial charge in [-0.1, -0.05) is 22.0 Å². The lowest BCUT2D eigenvalue weighted by Crippen LogP contribution is -2.22. The monoisotopic (exact) mass is 242 g/mol. The zero-order valence-electron chi connectivity index (χ0n) is 6.50. The minimum atomic E-state index is -1.05. The van der Waals surface area contributed by atoms with Crippen LogP contribution >= 0.6 is 15.9 Å². The molecule has 2 rings (SSSR count). The maximum atomic E-state index is 13.2. The Labute approximate surface area is 83.3 Å². The normalized spacial score (nSPS) is 13.9. The second-order valence-corrected chi connectivity index (χ2v) is 3.59. The van der Waals surface area contributed by atoms with Crippen LogP contribution in [0.1, 0.15) is 5.56 Å². The van der Waals surface area contributed by atoms with Gasteiger partial charge < -0.3 is 9.68 Å². The molecule has 0 bridgehead atoms. The molecule has 1 heterocycles. The van der Waals surface area contributed by atoms with Crippen molar-refractivity contribution in [2.45, 2.75) is 0 Å². The van der Waals surface area contributed by atoms with Gasteiger partial charge >= 0.3 is 7.12 Å². The second-order valence-electron chi connectivity index (χ2n) is 2.67. The summed E-state index contributed by atoms with van der Waals surface area (Å²) in [6.07, 6.45) is 1.62. The Kier molecular flexibility index (Phi) is 2.13. The highest BCUT2D eigenvalue weighted by molar-refractivity contribution is 9.10. The molecule has 0 amide bonds. The van der Waals surface area contributed by atoms with E-state index in [0.29, 0.717) is 10.0 Å². The van der Waals surface area contributed by atoms with Crippen molar-refractivity contribution in [3.05, 3.63) is 34.0 Å². The van der Waals surface area contributed by atoms with Gasteiger partial charge in [-0.25, -0.2) is 4.39 Å². The molecule has 13 heavy (non-hydrogen) atoms. The van der Waals surface area contributed by atoms with Gasteiger partial charge in [0.15, 0.2) is 5.82 Å². The zero-order chi connectivity index (χ0) is 9.42. The van der Waals surface area contributed by atoms with Crippen LogP contribution in [0, 0.1) is 5.82 Å². The van der Waals surface area contributed by atoms with Crippen molar-refractivity contribution in [2.24, 2.45) is 0 Å². The van der Waals surface area contributed by atoms with Crippen LogP contribution in [0.3, 0.4) is 0 Å². The van der Waals surface area contributed by atoms with Crippen LogP contribution in [0.4, 0.5) is 4.39 Å². The Balaban J connectivity index is 2.56. The van der Waals surface area contributed by atoms with Crippen LogP contribution in [0.2, 0.25) is 0 Å². The van der Waals surface area contributed by atoms with E-state index in [1.54, 1.807) is 12.1 Å². The molecule has 1 aliphatic rings. The van der Waals surface area contributed by atoms with E-state index in [4.69, 9.17) is 9.68 Å². The number of halogens is 2. The van der Waals surface area contributed by atoms with Gasteiger partial charge in [0.2, 0.25) is 0 Å². The molecule has 0 spiro atoms. The Morgan fingerprint density at radius 1 is 1.46 bits per heavy atom. The quantitative estimate of drug-likeness (QED) is 0.706. The highest BCUT2D eigenvalue weighted by atomic mass is 79.9. The van der Waals surface area contributed by atoms with Crippen molar-refractivity contribution in [3.8, 4) is 5.75 Å². The van der Waals surface area contributed by atoms with Crippen LogP contribution in [0.25, 0.3) is 6.08 Å². The van der Waals surface area contributed by atoms with Crippen molar-refractivity contribution in [1.82, 2.24) is 0 Å². The van der Waals surface area contributed by atoms with Crippen molar-refractivity contribution in [1.29, 1.82) is 0 Å². The summed E-state index contributed by atoms with van der Waals surface area (Å²) in [4.78, 5) is 0. The maximum Gasteiger partial charge on any atom is 0.552 e. The Bertz CT molecular complexity index is 381. The topological polar surface area (TPSA) is 29.5 Å². The molecule has 1 aromatic carbocycles. The molecule has 0 aromatic heterocycles. The van der Waals surface area contributed by atoms with Gasteiger partial charge in [0.05, 0.1) is 0 Å². The molecule has 1 aliphatic heterocycles. The highest BCUT2D eigenvalue weighted by Crippen LogP contribution is 2.30. The van der Waals surface area contributed by atoms with Crippen LogP contribution in [0.15, 0.2) is 22.6 Å². The third-order valence-corrected chi connectivity index (χ3v) is 2.17. The average Bonchev–Trinajstić information content (AvgIpc) is 2.06. The van der Waals surface area contributed by atoms with E-state index < -0.39 is 12.9 Å². The van der Waals surface area contributed by atoms with E-state index in [1.807, 2.05) is 0 Å². The largest absolute Gasteiger partial charge is 0.552 e. The smallest absolute Gasteiger partial charge is 0.530 e. The van der Waals surface area contributed by atoms with Gasteiger partial charge in [0.25, 0.3) is 0 Å². The van der Waals surface area contributed by atoms with Crippen molar-refractivity contribution < 1.29 is 14.1 Å². The third-order valence-electron chi connectivity index (χ3n) is 1.72. The molecule has 0 aliphatic carbocycles. The lowest BCUT2D eigenvalue weighted by Gasteiger charge is -2.15. The number of benzene rings is 1. The standard InChI is InChI=1S/C8H5BBrFO2/c10-6-3-5-1-2-9(12)13-8(5)7(11)4-6/h1-4,12H. The van der Waals surface area contributed by atoms with Gasteiger partial charge in [0, 0.05) is 10.0 Å². The first kappa shape index (κ1) is 8.78. The summed E-state index contributed by atoms with van der Waals surface area (Å²) in [5, 5.41) is 9.06.